The molecule has 0 amide bonds. The lowest BCUT2D eigenvalue weighted by Gasteiger charge is -2.27. The Hall–Kier alpha value is -1.11. The number of hydrogen-bond acceptors (Lipinski definition) is 4. The zero-order valence-electron chi connectivity index (χ0n) is 12.9. The van der Waals surface area contributed by atoms with Crippen LogP contribution in [0.3, 0.4) is 0 Å². The van der Waals surface area contributed by atoms with Crippen molar-refractivity contribution in [3.8, 4) is 5.75 Å². The number of hydrogen-bond donors (Lipinski definition) is 1. The maximum absolute atomic E-state index is 12.8. The average molecular weight is 312 g/mol. The molecule has 1 aliphatic rings. The summed E-state index contributed by atoms with van der Waals surface area (Å²) in [4.78, 5) is 0.326. The number of rotatable bonds is 7. The molecule has 2 rings (SSSR count). The van der Waals surface area contributed by atoms with Crippen LogP contribution in [0.4, 0.5) is 0 Å². The lowest BCUT2D eigenvalue weighted by molar-refractivity contribution is 0.337. The van der Waals surface area contributed by atoms with E-state index in [0.29, 0.717) is 35.3 Å². The number of aryl methyl sites for hydroxylation is 1. The summed E-state index contributed by atoms with van der Waals surface area (Å²) < 4.78 is 32.4. The Kier molecular flexibility index (Phi) is 4.91. The van der Waals surface area contributed by atoms with Gasteiger partial charge in [0.2, 0.25) is 10.0 Å². The molecule has 1 aliphatic carbocycles. The smallest absolute Gasteiger partial charge is 0.243 e. The fourth-order valence-electron chi connectivity index (χ4n) is 2.62. The SMILES string of the molecule is CCOc1ccc(S(=O)(=O)N(C)C(CN)C2CC2)c(C)c1. The van der Waals surface area contributed by atoms with Crippen LogP contribution in [0.1, 0.15) is 25.3 Å². The molecule has 1 atom stereocenters. The quantitative estimate of drug-likeness (QED) is 0.832. The standard InChI is InChI=1S/C15H24N2O3S/c1-4-20-13-7-8-15(11(2)9-13)21(18,19)17(3)14(10-16)12-5-6-12/h7-9,12,14H,4-6,10,16H2,1-3H3. The van der Waals surface area contributed by atoms with Crippen molar-refractivity contribution in [2.75, 3.05) is 20.2 Å². The summed E-state index contributed by atoms with van der Waals surface area (Å²) in [6, 6.07) is 4.97. The van der Waals surface area contributed by atoms with E-state index < -0.39 is 10.0 Å². The summed E-state index contributed by atoms with van der Waals surface area (Å²) in [6.45, 7) is 4.60. The molecule has 1 fully saturated rings. The summed E-state index contributed by atoms with van der Waals surface area (Å²) in [6.07, 6.45) is 2.12. The highest BCUT2D eigenvalue weighted by Gasteiger charge is 2.38. The molecule has 0 bridgehead atoms. The van der Waals surface area contributed by atoms with Crippen LogP contribution in [0.15, 0.2) is 23.1 Å². The third-order valence-electron chi connectivity index (χ3n) is 3.99. The monoisotopic (exact) mass is 312 g/mol. The van der Waals surface area contributed by atoms with E-state index in [2.05, 4.69) is 0 Å². The van der Waals surface area contributed by atoms with Crippen LogP contribution in [0.25, 0.3) is 0 Å². The number of nitrogens with two attached hydrogens (primary N) is 1. The van der Waals surface area contributed by atoms with Gasteiger partial charge in [0.05, 0.1) is 11.5 Å². The first kappa shape index (κ1) is 16.3. The van der Waals surface area contributed by atoms with E-state index >= 15 is 0 Å². The molecule has 1 saturated carbocycles. The molecule has 0 spiro atoms. The van der Waals surface area contributed by atoms with Crippen LogP contribution in [-0.4, -0.2) is 39.0 Å². The molecule has 0 aromatic heterocycles. The number of sulfonamides is 1. The fraction of sp³-hybridized carbons (Fsp3) is 0.600. The summed E-state index contributed by atoms with van der Waals surface area (Å²) in [5.74, 6) is 1.09. The molecule has 1 aromatic carbocycles. The fourth-order valence-corrected chi connectivity index (χ4v) is 4.25. The van der Waals surface area contributed by atoms with E-state index in [1.807, 2.05) is 6.92 Å². The Morgan fingerprint density at radius 1 is 1.43 bits per heavy atom. The highest BCUT2D eigenvalue weighted by Crippen LogP contribution is 2.36. The first-order chi connectivity index (χ1) is 9.91. The van der Waals surface area contributed by atoms with Crippen LogP contribution < -0.4 is 10.5 Å². The Morgan fingerprint density at radius 2 is 2.10 bits per heavy atom. The van der Waals surface area contributed by atoms with Gasteiger partial charge in [0.15, 0.2) is 0 Å². The molecule has 1 unspecified atom stereocenters. The molecule has 0 saturated heterocycles. The highest BCUT2D eigenvalue weighted by molar-refractivity contribution is 7.89. The van der Waals surface area contributed by atoms with Crippen molar-refractivity contribution in [2.24, 2.45) is 11.7 Å². The minimum atomic E-state index is -3.52. The topological polar surface area (TPSA) is 72.6 Å². The molecule has 6 heteroatoms. The van der Waals surface area contributed by atoms with Gasteiger partial charge in [-0.3, -0.25) is 0 Å². The summed E-state index contributed by atoms with van der Waals surface area (Å²) in [7, 11) is -1.89. The van der Waals surface area contributed by atoms with Gasteiger partial charge in [0.25, 0.3) is 0 Å². The van der Waals surface area contributed by atoms with E-state index in [1.54, 1.807) is 32.2 Å². The van der Waals surface area contributed by atoms with Gasteiger partial charge in [0.1, 0.15) is 5.75 Å². The van der Waals surface area contributed by atoms with Gasteiger partial charge in [0, 0.05) is 19.6 Å². The molecule has 118 valence electrons. The molecular weight excluding hydrogens is 288 g/mol. The van der Waals surface area contributed by atoms with Crippen LogP contribution in [-0.2, 0) is 10.0 Å². The normalized spacial score (nSPS) is 17.0. The van der Waals surface area contributed by atoms with Gasteiger partial charge in [-0.25, -0.2) is 8.42 Å². The maximum Gasteiger partial charge on any atom is 0.243 e. The van der Waals surface area contributed by atoms with Crippen molar-refractivity contribution in [2.45, 2.75) is 37.6 Å². The third kappa shape index (κ3) is 3.39. The molecule has 1 aromatic rings. The summed E-state index contributed by atoms with van der Waals surface area (Å²) in [5, 5.41) is 0. The molecule has 2 N–H and O–H groups in total. The number of nitrogens with zero attached hydrogens (tertiary/aromatic N) is 1. The lowest BCUT2D eigenvalue weighted by Crippen LogP contribution is -2.43. The first-order valence-corrected chi connectivity index (χ1v) is 8.77. The summed E-state index contributed by atoms with van der Waals surface area (Å²) in [5.41, 5.74) is 6.46. The zero-order chi connectivity index (χ0) is 15.6. The van der Waals surface area contributed by atoms with E-state index in [9.17, 15) is 8.42 Å². The third-order valence-corrected chi connectivity index (χ3v) is 6.03. The Balaban J connectivity index is 2.30. The minimum Gasteiger partial charge on any atom is -0.494 e. The van der Waals surface area contributed by atoms with E-state index in [4.69, 9.17) is 10.5 Å². The van der Waals surface area contributed by atoms with Crippen LogP contribution in [0, 0.1) is 12.8 Å². The number of benzene rings is 1. The van der Waals surface area contributed by atoms with Crippen molar-refractivity contribution in [1.82, 2.24) is 4.31 Å². The Morgan fingerprint density at radius 3 is 2.57 bits per heavy atom. The van der Waals surface area contributed by atoms with Gasteiger partial charge in [-0.15, -0.1) is 0 Å². The molecule has 0 heterocycles. The predicted molar refractivity (Wildman–Crippen MR) is 82.9 cm³/mol. The second-order valence-electron chi connectivity index (χ2n) is 5.52. The van der Waals surface area contributed by atoms with Crippen molar-refractivity contribution < 1.29 is 13.2 Å². The molecular formula is C15H24N2O3S. The van der Waals surface area contributed by atoms with E-state index in [-0.39, 0.29) is 6.04 Å². The van der Waals surface area contributed by atoms with Gasteiger partial charge in [-0.1, -0.05) is 0 Å². The first-order valence-electron chi connectivity index (χ1n) is 7.33. The van der Waals surface area contributed by atoms with Crippen molar-refractivity contribution in [3.63, 3.8) is 0 Å². The van der Waals surface area contributed by atoms with Gasteiger partial charge in [-0.2, -0.15) is 4.31 Å². The van der Waals surface area contributed by atoms with E-state index in [1.165, 1.54) is 4.31 Å². The van der Waals surface area contributed by atoms with Crippen LogP contribution >= 0.6 is 0 Å². The predicted octanol–water partition coefficient (Wildman–Crippen LogP) is 1.75. The summed E-state index contributed by atoms with van der Waals surface area (Å²) >= 11 is 0. The zero-order valence-corrected chi connectivity index (χ0v) is 13.7. The molecule has 0 radical (unpaired) electrons. The second kappa shape index (κ2) is 6.34. The highest BCUT2D eigenvalue weighted by atomic mass is 32.2. The average Bonchev–Trinajstić information content (AvgIpc) is 3.24. The van der Waals surface area contributed by atoms with E-state index in [0.717, 1.165) is 12.8 Å². The maximum atomic E-state index is 12.8. The van der Waals surface area contributed by atoms with Crippen molar-refractivity contribution in [1.29, 1.82) is 0 Å². The minimum absolute atomic E-state index is 0.110. The number of likely N-dealkylation sites (N-methyl/N-ethyl adjacent to an activating group) is 1. The van der Waals surface area contributed by atoms with Crippen LogP contribution in [0.2, 0.25) is 0 Å². The van der Waals surface area contributed by atoms with Gasteiger partial charge < -0.3 is 10.5 Å². The molecule has 21 heavy (non-hydrogen) atoms. The largest absolute Gasteiger partial charge is 0.494 e. The molecule has 5 nitrogen and oxygen atoms in total. The second-order valence-corrected chi connectivity index (χ2v) is 7.49. The van der Waals surface area contributed by atoms with Crippen molar-refractivity contribution >= 4 is 10.0 Å². The molecule has 0 aliphatic heterocycles. The Labute approximate surface area is 127 Å². The van der Waals surface area contributed by atoms with Crippen molar-refractivity contribution in [3.05, 3.63) is 23.8 Å². The van der Waals surface area contributed by atoms with Gasteiger partial charge >= 0.3 is 0 Å². The van der Waals surface area contributed by atoms with Crippen LogP contribution in [0.5, 0.6) is 5.75 Å². The van der Waals surface area contributed by atoms with Gasteiger partial charge in [-0.05, 0) is 56.4 Å². The lowest BCUT2D eigenvalue weighted by atomic mass is 10.2. The number of ether oxygens (including phenoxy) is 1. The Bertz CT molecular complexity index is 597.